The van der Waals surface area contributed by atoms with Crippen LogP contribution in [0.25, 0.3) is 0 Å². The van der Waals surface area contributed by atoms with Crippen LogP contribution in [0.2, 0.25) is 0 Å². The Morgan fingerprint density at radius 1 is 1.43 bits per heavy atom. The molecule has 1 heterocycles. The number of amides is 1. The molecule has 23 heavy (non-hydrogen) atoms. The Bertz CT molecular complexity index is 537. The Kier molecular flexibility index (Phi) is 6.33. The van der Waals surface area contributed by atoms with E-state index in [-0.39, 0.29) is 18.3 Å². The van der Waals surface area contributed by atoms with Gasteiger partial charge in [0, 0.05) is 25.2 Å². The van der Waals surface area contributed by atoms with Crippen molar-refractivity contribution < 1.29 is 18.3 Å². The molecule has 1 aromatic rings. The Morgan fingerprint density at radius 2 is 2.22 bits per heavy atom. The summed E-state index contributed by atoms with van der Waals surface area (Å²) >= 11 is 0. The highest BCUT2D eigenvalue weighted by Crippen LogP contribution is 2.18. The van der Waals surface area contributed by atoms with E-state index in [1.165, 1.54) is 6.07 Å². The zero-order valence-electron chi connectivity index (χ0n) is 13.6. The van der Waals surface area contributed by atoms with Gasteiger partial charge in [0.2, 0.25) is 0 Å². The van der Waals surface area contributed by atoms with Gasteiger partial charge in [0.15, 0.2) is 18.2 Å². The fraction of sp³-hybridized carbons (Fsp3) is 0.588. The second kappa shape index (κ2) is 8.24. The maximum Gasteiger partial charge on any atom is 0.257 e. The van der Waals surface area contributed by atoms with Crippen LogP contribution in [0.15, 0.2) is 18.2 Å². The van der Waals surface area contributed by atoms with Crippen LogP contribution in [-0.4, -0.2) is 43.1 Å². The van der Waals surface area contributed by atoms with Crippen molar-refractivity contribution in [1.29, 1.82) is 0 Å². The zero-order chi connectivity index (χ0) is 16.8. The molecule has 0 aromatic heterocycles. The fourth-order valence-electron chi connectivity index (χ4n) is 2.78. The summed E-state index contributed by atoms with van der Waals surface area (Å²) in [6.45, 7) is 6.75. The minimum atomic E-state index is -0.808. The van der Waals surface area contributed by atoms with Crippen molar-refractivity contribution in [1.82, 2.24) is 10.2 Å². The number of carbonyl (C=O) groups excluding carboxylic acids is 1. The first-order valence-corrected chi connectivity index (χ1v) is 8.04. The van der Waals surface area contributed by atoms with E-state index in [1.807, 2.05) is 0 Å². The van der Waals surface area contributed by atoms with Crippen LogP contribution in [0.4, 0.5) is 8.78 Å². The molecule has 0 aliphatic carbocycles. The molecule has 0 unspecified atom stereocenters. The van der Waals surface area contributed by atoms with Gasteiger partial charge >= 0.3 is 0 Å². The van der Waals surface area contributed by atoms with Crippen molar-refractivity contribution in [3.8, 4) is 5.75 Å². The Balaban J connectivity index is 1.72. The van der Waals surface area contributed by atoms with Crippen molar-refractivity contribution in [2.75, 3.05) is 26.2 Å². The largest absolute Gasteiger partial charge is 0.481 e. The lowest BCUT2D eigenvalue weighted by Gasteiger charge is -2.35. The third kappa shape index (κ3) is 5.46. The monoisotopic (exact) mass is 326 g/mol. The second-order valence-corrected chi connectivity index (χ2v) is 6.26. The lowest BCUT2D eigenvalue weighted by atomic mass is 9.97. The molecular formula is C17H24F2N2O2. The summed E-state index contributed by atoms with van der Waals surface area (Å²) in [4.78, 5) is 14.2. The van der Waals surface area contributed by atoms with E-state index in [1.54, 1.807) is 0 Å². The van der Waals surface area contributed by atoms with Gasteiger partial charge < -0.3 is 15.0 Å². The van der Waals surface area contributed by atoms with Gasteiger partial charge in [-0.15, -0.1) is 0 Å². The molecule has 1 N–H and O–H groups in total. The second-order valence-electron chi connectivity index (χ2n) is 6.26. The van der Waals surface area contributed by atoms with E-state index in [4.69, 9.17) is 4.74 Å². The number of piperidine rings is 1. The van der Waals surface area contributed by atoms with Gasteiger partial charge in [-0.05, 0) is 51.3 Å². The van der Waals surface area contributed by atoms with Crippen LogP contribution in [0, 0.1) is 17.6 Å². The van der Waals surface area contributed by atoms with Crippen LogP contribution < -0.4 is 10.1 Å². The Morgan fingerprint density at radius 3 is 2.91 bits per heavy atom. The number of likely N-dealkylation sites (tertiary alicyclic amines) is 1. The zero-order valence-corrected chi connectivity index (χ0v) is 13.6. The van der Waals surface area contributed by atoms with Crippen LogP contribution >= 0.6 is 0 Å². The average Bonchev–Trinajstić information content (AvgIpc) is 2.52. The molecule has 1 aromatic carbocycles. The van der Waals surface area contributed by atoms with Gasteiger partial charge in [-0.2, -0.15) is 0 Å². The molecule has 1 atom stereocenters. The summed E-state index contributed by atoms with van der Waals surface area (Å²) in [6, 6.07) is 3.52. The van der Waals surface area contributed by atoms with Crippen molar-refractivity contribution in [3.63, 3.8) is 0 Å². The first-order chi connectivity index (χ1) is 11.0. The minimum absolute atomic E-state index is 0.120. The van der Waals surface area contributed by atoms with Crippen molar-refractivity contribution >= 4 is 5.91 Å². The van der Waals surface area contributed by atoms with E-state index >= 15 is 0 Å². The predicted molar refractivity (Wildman–Crippen MR) is 84.3 cm³/mol. The molecule has 4 nitrogen and oxygen atoms in total. The molecular weight excluding hydrogens is 302 g/mol. The third-order valence-corrected chi connectivity index (χ3v) is 4.12. The van der Waals surface area contributed by atoms with Crippen LogP contribution in [0.1, 0.15) is 26.7 Å². The van der Waals surface area contributed by atoms with E-state index in [9.17, 15) is 13.6 Å². The molecule has 6 heteroatoms. The molecule has 0 spiro atoms. The molecule has 1 aliphatic rings. The average molecular weight is 326 g/mol. The molecule has 1 saturated heterocycles. The van der Waals surface area contributed by atoms with Gasteiger partial charge in [-0.3, -0.25) is 4.79 Å². The van der Waals surface area contributed by atoms with Crippen molar-refractivity contribution in [2.45, 2.75) is 32.7 Å². The van der Waals surface area contributed by atoms with Crippen molar-refractivity contribution in [3.05, 3.63) is 29.8 Å². The maximum atomic E-state index is 13.4. The number of hydrogen-bond acceptors (Lipinski definition) is 3. The van der Waals surface area contributed by atoms with Crippen LogP contribution in [-0.2, 0) is 4.79 Å². The van der Waals surface area contributed by atoms with Gasteiger partial charge in [-0.25, -0.2) is 8.78 Å². The van der Waals surface area contributed by atoms with Crippen LogP contribution in [0.5, 0.6) is 5.75 Å². The summed E-state index contributed by atoms with van der Waals surface area (Å²) < 4.78 is 31.3. The topological polar surface area (TPSA) is 41.6 Å². The number of halogens is 2. The molecule has 0 bridgehead atoms. The summed E-state index contributed by atoms with van der Waals surface area (Å²) in [6.07, 6.45) is 2.23. The minimum Gasteiger partial charge on any atom is -0.481 e. The molecule has 1 amide bonds. The van der Waals surface area contributed by atoms with Crippen molar-refractivity contribution in [2.24, 2.45) is 5.92 Å². The summed E-state index contributed by atoms with van der Waals surface area (Å²) in [5.41, 5.74) is 0. The fourth-order valence-corrected chi connectivity index (χ4v) is 2.78. The molecule has 1 aliphatic heterocycles. The molecule has 128 valence electrons. The number of ether oxygens (including phenoxy) is 1. The first kappa shape index (κ1) is 17.7. The number of benzene rings is 1. The van der Waals surface area contributed by atoms with Gasteiger partial charge in [0.05, 0.1) is 0 Å². The number of rotatable bonds is 6. The van der Waals surface area contributed by atoms with Gasteiger partial charge in [-0.1, -0.05) is 0 Å². The Labute approximate surface area is 135 Å². The van der Waals surface area contributed by atoms with Crippen LogP contribution in [0.3, 0.4) is 0 Å². The summed E-state index contributed by atoms with van der Waals surface area (Å²) in [7, 11) is 0. The highest BCUT2D eigenvalue weighted by Gasteiger charge is 2.22. The predicted octanol–water partition coefficient (Wildman–Crippen LogP) is 2.58. The quantitative estimate of drug-likeness (QED) is 0.874. The first-order valence-electron chi connectivity index (χ1n) is 8.04. The van der Waals surface area contributed by atoms with Gasteiger partial charge in [0.1, 0.15) is 5.82 Å². The lowest BCUT2D eigenvalue weighted by Crippen LogP contribution is -2.44. The maximum absolute atomic E-state index is 13.4. The molecule has 2 rings (SSSR count). The standard InChI is InChI=1S/C17H24F2N2O2/c1-12(2)21-7-3-4-13(10-21)9-20-17(22)11-23-16-6-5-14(18)8-15(16)19/h5-6,8,12-13H,3-4,7,9-11H2,1-2H3,(H,20,22)/t13-/m0/s1. The number of carbonyl (C=O) groups is 1. The van der Waals surface area contributed by atoms with E-state index in [0.29, 0.717) is 18.5 Å². The molecule has 0 radical (unpaired) electrons. The molecule has 1 fully saturated rings. The Hall–Kier alpha value is -1.69. The van der Waals surface area contributed by atoms with E-state index in [2.05, 4.69) is 24.1 Å². The number of nitrogens with zero attached hydrogens (tertiary/aromatic N) is 1. The smallest absolute Gasteiger partial charge is 0.257 e. The SMILES string of the molecule is CC(C)N1CCC[C@@H](CNC(=O)COc2ccc(F)cc2F)C1. The van der Waals surface area contributed by atoms with Gasteiger partial charge in [0.25, 0.3) is 5.91 Å². The summed E-state index contributed by atoms with van der Waals surface area (Å²) in [5.74, 6) is -1.47. The normalized spacial score (nSPS) is 18.9. The summed E-state index contributed by atoms with van der Waals surface area (Å²) in [5, 5.41) is 2.83. The number of hydrogen-bond donors (Lipinski definition) is 1. The third-order valence-electron chi connectivity index (χ3n) is 4.12. The highest BCUT2D eigenvalue weighted by atomic mass is 19.1. The lowest BCUT2D eigenvalue weighted by molar-refractivity contribution is -0.123. The molecule has 0 saturated carbocycles. The number of nitrogens with one attached hydrogen (secondary N) is 1. The van der Waals surface area contributed by atoms with E-state index in [0.717, 1.165) is 38.1 Å². The van der Waals surface area contributed by atoms with E-state index < -0.39 is 11.6 Å². The highest BCUT2D eigenvalue weighted by molar-refractivity contribution is 5.77.